The summed E-state index contributed by atoms with van der Waals surface area (Å²) in [7, 11) is 1.52. The molecule has 0 saturated heterocycles. The molecule has 0 fully saturated rings. The van der Waals surface area contributed by atoms with Crippen LogP contribution < -0.4 is 15.6 Å². The number of hydrogen-bond donors (Lipinski definition) is 1. The molecule has 1 N–H and O–H groups in total. The predicted octanol–water partition coefficient (Wildman–Crippen LogP) is 3.67. The number of halogens is 3. The first-order chi connectivity index (χ1) is 14.8. The van der Waals surface area contributed by atoms with Crippen molar-refractivity contribution in [2.24, 2.45) is 0 Å². The fraction of sp³-hybridized carbons (Fsp3) is 0.250. The first-order valence-electron chi connectivity index (χ1n) is 9.04. The third kappa shape index (κ3) is 6.22. The minimum Gasteiger partial charge on any atom is -0.406 e. The van der Waals surface area contributed by atoms with E-state index in [0.717, 1.165) is 23.9 Å². The Kier molecular flexibility index (Phi) is 7.18. The summed E-state index contributed by atoms with van der Waals surface area (Å²) >= 11 is 1.08. The molecule has 164 valence electrons. The van der Waals surface area contributed by atoms with Crippen LogP contribution in [0.25, 0.3) is 10.9 Å². The summed E-state index contributed by atoms with van der Waals surface area (Å²) in [6, 6.07) is 11.7. The molecule has 3 rings (SSSR count). The Hall–Kier alpha value is -3.05. The van der Waals surface area contributed by atoms with E-state index in [0.29, 0.717) is 28.4 Å². The van der Waals surface area contributed by atoms with Gasteiger partial charge >= 0.3 is 6.36 Å². The Balaban J connectivity index is 1.70. The van der Waals surface area contributed by atoms with E-state index >= 15 is 0 Å². The molecule has 0 aliphatic heterocycles. The van der Waals surface area contributed by atoms with Gasteiger partial charge in [0.05, 0.1) is 29.8 Å². The third-order valence-corrected chi connectivity index (χ3v) is 5.03. The Labute approximate surface area is 179 Å². The molecular formula is C20H18F3N3O4S. The van der Waals surface area contributed by atoms with Crippen molar-refractivity contribution in [3.8, 4) is 5.75 Å². The molecule has 0 bridgehead atoms. The van der Waals surface area contributed by atoms with E-state index in [1.54, 1.807) is 24.3 Å². The molecular weight excluding hydrogens is 435 g/mol. The molecule has 0 aliphatic carbocycles. The van der Waals surface area contributed by atoms with E-state index in [1.165, 1.54) is 23.8 Å². The number of hydrogen-bond acceptors (Lipinski definition) is 6. The van der Waals surface area contributed by atoms with Gasteiger partial charge in [-0.15, -0.1) is 13.2 Å². The van der Waals surface area contributed by atoms with Gasteiger partial charge in [-0.3, -0.25) is 14.2 Å². The first kappa shape index (κ1) is 22.6. The van der Waals surface area contributed by atoms with Gasteiger partial charge in [0.15, 0.2) is 5.16 Å². The van der Waals surface area contributed by atoms with E-state index in [9.17, 15) is 22.8 Å². The first-order valence-corrected chi connectivity index (χ1v) is 10.0. The molecule has 1 aromatic heterocycles. The van der Waals surface area contributed by atoms with Crippen LogP contribution in [-0.4, -0.2) is 41.3 Å². The average Bonchev–Trinajstić information content (AvgIpc) is 2.72. The van der Waals surface area contributed by atoms with Crippen molar-refractivity contribution in [2.75, 3.05) is 24.8 Å². The van der Waals surface area contributed by atoms with E-state index in [2.05, 4.69) is 15.0 Å². The molecule has 0 atom stereocenters. The molecule has 0 saturated carbocycles. The van der Waals surface area contributed by atoms with Crippen LogP contribution in [-0.2, 0) is 16.1 Å². The molecule has 0 spiro atoms. The molecule has 2 aromatic carbocycles. The number of anilines is 1. The highest BCUT2D eigenvalue weighted by Gasteiger charge is 2.31. The lowest BCUT2D eigenvalue weighted by Gasteiger charge is -2.13. The average molecular weight is 453 g/mol. The van der Waals surface area contributed by atoms with Crippen LogP contribution in [0.4, 0.5) is 18.9 Å². The van der Waals surface area contributed by atoms with Gasteiger partial charge in [-0.25, -0.2) is 4.98 Å². The molecule has 1 amide bonds. The van der Waals surface area contributed by atoms with E-state index in [4.69, 9.17) is 4.74 Å². The third-order valence-electron chi connectivity index (χ3n) is 4.05. The minimum atomic E-state index is -4.78. The van der Waals surface area contributed by atoms with Crippen molar-refractivity contribution in [3.63, 3.8) is 0 Å². The van der Waals surface area contributed by atoms with Crippen LogP contribution in [0.2, 0.25) is 0 Å². The fourth-order valence-electron chi connectivity index (χ4n) is 2.70. The SMILES string of the molecule is COCCn1c(SCC(=O)Nc2ccc(OC(F)(F)F)cc2)nc2ccccc2c1=O. The van der Waals surface area contributed by atoms with Gasteiger partial charge in [-0.05, 0) is 36.4 Å². The second-order valence-corrected chi connectivity index (χ2v) is 7.21. The Morgan fingerprint density at radius 3 is 2.55 bits per heavy atom. The number of aromatic nitrogens is 2. The summed E-state index contributed by atoms with van der Waals surface area (Å²) < 4.78 is 46.9. The van der Waals surface area contributed by atoms with E-state index < -0.39 is 12.3 Å². The summed E-state index contributed by atoms with van der Waals surface area (Å²) in [5.41, 5.74) is 0.596. The maximum atomic E-state index is 12.8. The van der Waals surface area contributed by atoms with Crippen LogP contribution >= 0.6 is 11.8 Å². The van der Waals surface area contributed by atoms with Crippen molar-refractivity contribution in [1.82, 2.24) is 9.55 Å². The van der Waals surface area contributed by atoms with Crippen LogP contribution in [0.1, 0.15) is 0 Å². The molecule has 0 aliphatic rings. The van der Waals surface area contributed by atoms with Crippen molar-refractivity contribution in [3.05, 3.63) is 58.9 Å². The van der Waals surface area contributed by atoms with Crippen LogP contribution in [0.3, 0.4) is 0 Å². The Morgan fingerprint density at radius 2 is 1.87 bits per heavy atom. The number of nitrogens with zero attached hydrogens (tertiary/aromatic N) is 2. The van der Waals surface area contributed by atoms with E-state index in [-0.39, 0.29) is 23.6 Å². The highest BCUT2D eigenvalue weighted by molar-refractivity contribution is 7.99. The zero-order chi connectivity index (χ0) is 22.4. The lowest BCUT2D eigenvalue weighted by atomic mass is 10.2. The number of thioether (sulfide) groups is 1. The molecule has 3 aromatic rings. The molecule has 31 heavy (non-hydrogen) atoms. The molecule has 0 radical (unpaired) electrons. The number of fused-ring (bicyclic) bond motifs is 1. The van der Waals surface area contributed by atoms with Crippen LogP contribution in [0.5, 0.6) is 5.75 Å². The second kappa shape index (κ2) is 9.84. The number of amides is 1. The largest absolute Gasteiger partial charge is 0.573 e. The molecule has 7 nitrogen and oxygen atoms in total. The van der Waals surface area contributed by atoms with Gasteiger partial charge in [-0.1, -0.05) is 23.9 Å². The number of para-hydroxylation sites is 1. The summed E-state index contributed by atoms with van der Waals surface area (Å²) in [5, 5.41) is 3.41. The number of alkyl halides is 3. The highest BCUT2D eigenvalue weighted by atomic mass is 32.2. The lowest BCUT2D eigenvalue weighted by Crippen LogP contribution is -2.26. The maximum Gasteiger partial charge on any atom is 0.573 e. The zero-order valence-electron chi connectivity index (χ0n) is 16.3. The number of rotatable bonds is 8. The van der Waals surface area contributed by atoms with Crippen molar-refractivity contribution >= 4 is 34.3 Å². The lowest BCUT2D eigenvalue weighted by molar-refractivity contribution is -0.274. The minimum absolute atomic E-state index is 0.0570. The second-order valence-electron chi connectivity index (χ2n) is 6.27. The maximum absolute atomic E-state index is 12.8. The number of ether oxygens (including phenoxy) is 2. The summed E-state index contributed by atoms with van der Waals surface area (Å²) in [6.07, 6.45) is -4.78. The quantitative estimate of drug-likeness (QED) is 0.414. The summed E-state index contributed by atoms with van der Waals surface area (Å²) in [4.78, 5) is 29.6. The highest BCUT2D eigenvalue weighted by Crippen LogP contribution is 2.24. The van der Waals surface area contributed by atoms with Gasteiger partial charge in [-0.2, -0.15) is 0 Å². The number of benzene rings is 2. The Morgan fingerprint density at radius 1 is 1.16 bits per heavy atom. The number of methoxy groups -OCH3 is 1. The predicted molar refractivity (Wildman–Crippen MR) is 110 cm³/mol. The van der Waals surface area contributed by atoms with Gasteiger partial charge in [0.25, 0.3) is 5.56 Å². The van der Waals surface area contributed by atoms with Gasteiger partial charge in [0.2, 0.25) is 5.91 Å². The topological polar surface area (TPSA) is 82.4 Å². The normalized spacial score (nSPS) is 11.5. The number of nitrogens with one attached hydrogen (secondary N) is 1. The smallest absolute Gasteiger partial charge is 0.406 e. The molecule has 11 heteroatoms. The van der Waals surface area contributed by atoms with Gasteiger partial charge < -0.3 is 14.8 Å². The van der Waals surface area contributed by atoms with E-state index in [1.807, 2.05) is 0 Å². The Bertz CT molecular complexity index is 1120. The molecule has 0 unspecified atom stereocenters. The zero-order valence-corrected chi connectivity index (χ0v) is 17.1. The monoisotopic (exact) mass is 453 g/mol. The van der Waals surface area contributed by atoms with Crippen molar-refractivity contribution < 1.29 is 27.4 Å². The van der Waals surface area contributed by atoms with Crippen LogP contribution in [0, 0.1) is 0 Å². The van der Waals surface area contributed by atoms with Gasteiger partial charge in [0, 0.05) is 12.8 Å². The summed E-state index contributed by atoms with van der Waals surface area (Å²) in [5.74, 6) is -0.851. The van der Waals surface area contributed by atoms with Gasteiger partial charge in [0.1, 0.15) is 5.75 Å². The number of carbonyl (C=O) groups is 1. The molecule has 1 heterocycles. The van der Waals surface area contributed by atoms with Crippen LogP contribution in [0.15, 0.2) is 58.5 Å². The standard InChI is InChI=1S/C20H18F3N3O4S/c1-29-11-10-26-18(28)15-4-2-3-5-16(15)25-19(26)31-12-17(27)24-13-6-8-14(9-7-13)30-20(21,22)23/h2-9H,10-12H2,1H3,(H,24,27). The summed E-state index contributed by atoms with van der Waals surface area (Å²) in [6.45, 7) is 0.573. The van der Waals surface area contributed by atoms with Crippen molar-refractivity contribution in [2.45, 2.75) is 18.1 Å². The fourth-order valence-corrected chi connectivity index (χ4v) is 3.53. The number of carbonyl (C=O) groups excluding carboxylic acids is 1. The van der Waals surface area contributed by atoms with Crippen molar-refractivity contribution in [1.29, 1.82) is 0 Å².